The highest BCUT2D eigenvalue weighted by atomic mass is 32.2. The van der Waals surface area contributed by atoms with Crippen LogP contribution in [0.1, 0.15) is 93.5 Å². The smallest absolute Gasteiger partial charge is 0.128 e. The molecular weight excluding hydrogens is 384 g/mol. The summed E-state index contributed by atoms with van der Waals surface area (Å²) in [7, 11) is 0. The molecule has 0 aliphatic heterocycles. The third-order valence-electron chi connectivity index (χ3n) is 6.51. The number of ether oxygens (including phenoxy) is 1. The standard InChI is InChI=1S/C28H40OS/c1-20-14-25(15-21(2)22(20)3)29-26-17-23(16-24(18-26)28(4,5)6)19-30-27-12-10-8-7-9-11-13-27/h14-18,27H,7-13,19H2,1-6H3. The van der Waals surface area contributed by atoms with Crippen LogP contribution in [0.3, 0.4) is 0 Å². The molecule has 0 bridgehead atoms. The molecule has 0 atom stereocenters. The topological polar surface area (TPSA) is 9.23 Å². The fourth-order valence-corrected chi connectivity index (χ4v) is 5.49. The Hall–Kier alpha value is -1.41. The maximum atomic E-state index is 6.39. The van der Waals surface area contributed by atoms with E-state index in [2.05, 4.69) is 83.6 Å². The van der Waals surface area contributed by atoms with Gasteiger partial charge in [0.15, 0.2) is 0 Å². The van der Waals surface area contributed by atoms with Crippen LogP contribution in [0.5, 0.6) is 11.5 Å². The highest BCUT2D eigenvalue weighted by Crippen LogP contribution is 2.35. The lowest BCUT2D eigenvalue weighted by Gasteiger charge is -2.23. The lowest BCUT2D eigenvalue weighted by Crippen LogP contribution is -2.12. The van der Waals surface area contributed by atoms with Crippen LogP contribution < -0.4 is 4.74 Å². The molecule has 1 aliphatic rings. The summed E-state index contributed by atoms with van der Waals surface area (Å²) in [6.45, 7) is 13.4. The van der Waals surface area contributed by atoms with Gasteiger partial charge in [-0.25, -0.2) is 0 Å². The molecule has 2 aromatic carbocycles. The molecule has 0 saturated heterocycles. The molecule has 2 heteroatoms. The van der Waals surface area contributed by atoms with Gasteiger partial charge < -0.3 is 4.74 Å². The molecule has 1 saturated carbocycles. The van der Waals surface area contributed by atoms with Gasteiger partial charge >= 0.3 is 0 Å². The Morgan fingerprint density at radius 3 is 1.97 bits per heavy atom. The van der Waals surface area contributed by atoms with Crippen molar-refractivity contribution >= 4 is 11.8 Å². The van der Waals surface area contributed by atoms with E-state index in [1.54, 1.807) is 0 Å². The Balaban J connectivity index is 1.79. The van der Waals surface area contributed by atoms with Gasteiger partial charge in [-0.05, 0) is 91.1 Å². The number of thioether (sulfide) groups is 1. The summed E-state index contributed by atoms with van der Waals surface area (Å²) in [5.41, 5.74) is 6.79. The van der Waals surface area contributed by atoms with Crippen LogP contribution in [0, 0.1) is 20.8 Å². The minimum absolute atomic E-state index is 0.109. The Labute approximate surface area is 189 Å². The van der Waals surface area contributed by atoms with E-state index in [9.17, 15) is 0 Å². The molecule has 1 nitrogen and oxygen atoms in total. The van der Waals surface area contributed by atoms with Crippen LogP contribution in [0.2, 0.25) is 0 Å². The fraction of sp³-hybridized carbons (Fsp3) is 0.571. The maximum absolute atomic E-state index is 6.39. The average Bonchev–Trinajstić information content (AvgIpc) is 2.64. The summed E-state index contributed by atoms with van der Waals surface area (Å²) >= 11 is 2.16. The zero-order chi connectivity index (χ0) is 21.7. The lowest BCUT2D eigenvalue weighted by molar-refractivity contribution is 0.477. The van der Waals surface area contributed by atoms with Crippen molar-refractivity contribution in [2.45, 2.75) is 103 Å². The number of benzene rings is 2. The van der Waals surface area contributed by atoms with Gasteiger partial charge in [0.1, 0.15) is 11.5 Å². The van der Waals surface area contributed by atoms with E-state index in [1.165, 1.54) is 72.8 Å². The SMILES string of the molecule is Cc1cc(Oc2cc(CSC3CCCCCCC3)cc(C(C)(C)C)c2)cc(C)c1C. The van der Waals surface area contributed by atoms with Gasteiger partial charge in [0, 0.05) is 11.0 Å². The minimum atomic E-state index is 0.109. The summed E-state index contributed by atoms with van der Waals surface area (Å²) in [5.74, 6) is 3.00. The molecule has 30 heavy (non-hydrogen) atoms. The van der Waals surface area contributed by atoms with Gasteiger partial charge in [0.25, 0.3) is 0 Å². The van der Waals surface area contributed by atoms with E-state index in [-0.39, 0.29) is 5.41 Å². The molecule has 0 heterocycles. The molecule has 0 radical (unpaired) electrons. The zero-order valence-corrected chi connectivity index (χ0v) is 20.8. The van der Waals surface area contributed by atoms with Crippen LogP contribution in [-0.2, 0) is 11.2 Å². The summed E-state index contributed by atoms with van der Waals surface area (Å²) in [5, 5.41) is 0.815. The number of rotatable bonds is 5. The van der Waals surface area contributed by atoms with Crippen molar-refractivity contribution in [3.05, 3.63) is 58.1 Å². The Bertz CT molecular complexity index is 815. The van der Waals surface area contributed by atoms with Gasteiger partial charge in [-0.3, -0.25) is 0 Å². The van der Waals surface area contributed by atoms with Crippen molar-refractivity contribution in [2.24, 2.45) is 0 Å². The van der Waals surface area contributed by atoms with Gasteiger partial charge in [-0.2, -0.15) is 11.8 Å². The van der Waals surface area contributed by atoms with Crippen molar-refractivity contribution in [3.8, 4) is 11.5 Å². The molecule has 0 spiro atoms. The third-order valence-corrected chi connectivity index (χ3v) is 7.95. The molecule has 1 fully saturated rings. The average molecular weight is 425 g/mol. The van der Waals surface area contributed by atoms with Gasteiger partial charge in [0.05, 0.1) is 0 Å². The monoisotopic (exact) mass is 424 g/mol. The van der Waals surface area contributed by atoms with Crippen molar-refractivity contribution in [1.82, 2.24) is 0 Å². The molecule has 2 aromatic rings. The van der Waals surface area contributed by atoms with Crippen molar-refractivity contribution < 1.29 is 4.74 Å². The predicted octanol–water partition coefficient (Wildman–Crippen LogP) is 9.05. The van der Waals surface area contributed by atoms with E-state index in [0.29, 0.717) is 0 Å². The van der Waals surface area contributed by atoms with Gasteiger partial charge in [0.2, 0.25) is 0 Å². The van der Waals surface area contributed by atoms with Gasteiger partial charge in [-0.1, -0.05) is 58.9 Å². The van der Waals surface area contributed by atoms with Gasteiger partial charge in [-0.15, -0.1) is 0 Å². The van der Waals surface area contributed by atoms with E-state index in [1.807, 2.05) is 0 Å². The first-order chi connectivity index (χ1) is 14.2. The first-order valence-corrected chi connectivity index (χ1v) is 12.8. The molecule has 0 N–H and O–H groups in total. The van der Waals surface area contributed by atoms with Crippen molar-refractivity contribution in [2.75, 3.05) is 0 Å². The fourth-order valence-electron chi connectivity index (χ4n) is 4.23. The van der Waals surface area contributed by atoms with E-state index >= 15 is 0 Å². The summed E-state index contributed by atoms with van der Waals surface area (Å²) in [6, 6.07) is 11.2. The normalized spacial score (nSPS) is 16.2. The zero-order valence-electron chi connectivity index (χ0n) is 19.9. The quantitative estimate of drug-likeness (QED) is 0.473. The Kier molecular flexibility index (Phi) is 7.96. The van der Waals surface area contributed by atoms with Crippen LogP contribution in [0.25, 0.3) is 0 Å². The van der Waals surface area contributed by atoms with E-state index in [0.717, 1.165) is 22.5 Å². The summed E-state index contributed by atoms with van der Waals surface area (Å²) in [4.78, 5) is 0. The minimum Gasteiger partial charge on any atom is -0.457 e. The van der Waals surface area contributed by atoms with E-state index in [4.69, 9.17) is 4.74 Å². The molecule has 1 aliphatic carbocycles. The highest BCUT2D eigenvalue weighted by Gasteiger charge is 2.18. The number of hydrogen-bond acceptors (Lipinski definition) is 2. The number of hydrogen-bond donors (Lipinski definition) is 0. The van der Waals surface area contributed by atoms with Crippen molar-refractivity contribution in [1.29, 1.82) is 0 Å². The third kappa shape index (κ3) is 6.54. The first kappa shape index (κ1) is 23.3. The highest BCUT2D eigenvalue weighted by molar-refractivity contribution is 7.99. The molecule has 0 unspecified atom stereocenters. The lowest BCUT2D eigenvalue weighted by atomic mass is 9.86. The van der Waals surface area contributed by atoms with Crippen LogP contribution in [-0.4, -0.2) is 5.25 Å². The molecule has 164 valence electrons. The second kappa shape index (κ2) is 10.3. The molecule has 0 amide bonds. The van der Waals surface area contributed by atoms with Crippen LogP contribution in [0.15, 0.2) is 30.3 Å². The predicted molar refractivity (Wildman–Crippen MR) is 133 cm³/mol. The molecular formula is C28H40OS. The summed E-state index contributed by atoms with van der Waals surface area (Å²) in [6.07, 6.45) is 9.85. The molecule has 0 aromatic heterocycles. The second-order valence-electron chi connectivity index (χ2n) is 10.2. The largest absolute Gasteiger partial charge is 0.457 e. The molecule has 3 rings (SSSR count). The maximum Gasteiger partial charge on any atom is 0.128 e. The Morgan fingerprint density at radius 2 is 1.37 bits per heavy atom. The van der Waals surface area contributed by atoms with Crippen LogP contribution in [0.4, 0.5) is 0 Å². The Morgan fingerprint density at radius 1 is 0.800 bits per heavy atom. The second-order valence-corrected chi connectivity index (χ2v) is 11.5. The van der Waals surface area contributed by atoms with Crippen LogP contribution >= 0.6 is 11.8 Å². The number of aryl methyl sites for hydroxylation is 2. The first-order valence-electron chi connectivity index (χ1n) is 11.7. The summed E-state index contributed by atoms with van der Waals surface area (Å²) < 4.78 is 6.39. The van der Waals surface area contributed by atoms with Crippen molar-refractivity contribution in [3.63, 3.8) is 0 Å². The van der Waals surface area contributed by atoms with E-state index < -0.39 is 0 Å².